The molecule has 1 amide bonds. The number of aryl methyl sites for hydroxylation is 1. The van der Waals surface area contributed by atoms with Crippen molar-refractivity contribution in [3.8, 4) is 0 Å². The van der Waals surface area contributed by atoms with Gasteiger partial charge in [0.15, 0.2) is 5.82 Å². The molecule has 1 rings (SSSR count). The largest absolute Gasteiger partial charge is 0.466 e. The maximum atomic E-state index is 11.2. The summed E-state index contributed by atoms with van der Waals surface area (Å²) in [6.07, 6.45) is -0.336. The minimum atomic E-state index is -0.505. The van der Waals surface area contributed by atoms with Crippen molar-refractivity contribution in [3.05, 3.63) is 11.7 Å². The van der Waals surface area contributed by atoms with Crippen molar-refractivity contribution in [3.63, 3.8) is 0 Å². The number of hydrogen-bond donors (Lipinski definition) is 3. The molecular weight excluding hydrogens is 450 g/mol. The van der Waals surface area contributed by atoms with E-state index in [9.17, 15) is 14.4 Å². The summed E-state index contributed by atoms with van der Waals surface area (Å²) < 4.78 is 19.5. The Morgan fingerprint density at radius 1 is 1.06 bits per heavy atom. The van der Waals surface area contributed by atoms with Crippen molar-refractivity contribution in [1.29, 1.82) is 0 Å². The highest BCUT2D eigenvalue weighted by molar-refractivity contribution is 5.77. The van der Waals surface area contributed by atoms with E-state index < -0.39 is 17.3 Å². The molecule has 0 aromatic carbocycles. The number of amidine groups is 1. The Morgan fingerprint density at radius 2 is 1.56 bits per heavy atom. The van der Waals surface area contributed by atoms with Crippen LogP contribution in [0.15, 0.2) is 9.68 Å². The van der Waals surface area contributed by atoms with E-state index in [1.54, 1.807) is 55.4 Å². The van der Waals surface area contributed by atoms with Gasteiger partial charge in [0, 0.05) is 0 Å². The summed E-state index contributed by atoms with van der Waals surface area (Å²) in [4.78, 5) is 37.2. The van der Waals surface area contributed by atoms with Gasteiger partial charge in [0.2, 0.25) is 5.89 Å². The molecule has 1 heterocycles. The molecule has 0 fully saturated rings. The molecule has 4 N–H and O–H groups in total. The Balaban J connectivity index is 0. The molecule has 0 spiro atoms. The third-order valence-electron chi connectivity index (χ3n) is 2.77. The average molecular weight is 490 g/mol. The van der Waals surface area contributed by atoms with Crippen molar-refractivity contribution < 1.29 is 38.3 Å². The Bertz CT molecular complexity index is 775. The SMILES string of the molecule is C/C(N)=N/O.CCOC(=O)CCC(=O)OC(C)(C)C.Cc1noc(CNC(=O)OC(C)(C)C)n1. The standard InChI is InChI=1S/C10H18O4.C9H15N3O3.C2H6N2O/c1-5-13-8(11)6-7-9(12)14-10(2,3)4;1-6-11-7(15-12-6)5-10-8(13)14-9(2,3)4;1-2(3)4-5/h5-7H2,1-4H3;5H2,1-4H3,(H,10,13);5H,1H3,(H2,3,4). The number of ether oxygens (including phenoxy) is 3. The average Bonchev–Trinajstić information content (AvgIpc) is 3.09. The molecule has 34 heavy (non-hydrogen) atoms. The molecule has 0 aliphatic carbocycles. The quantitative estimate of drug-likeness (QED) is 0.133. The Kier molecular flexibility index (Phi) is 15.7. The zero-order valence-electron chi connectivity index (χ0n) is 21.6. The monoisotopic (exact) mass is 489 g/mol. The van der Waals surface area contributed by atoms with E-state index in [-0.39, 0.29) is 37.2 Å². The fourth-order valence-corrected chi connectivity index (χ4v) is 1.70. The second-order valence-electron chi connectivity index (χ2n) is 8.72. The second-order valence-corrected chi connectivity index (χ2v) is 8.72. The third-order valence-corrected chi connectivity index (χ3v) is 2.77. The molecule has 0 unspecified atom stereocenters. The number of rotatable bonds is 6. The highest BCUT2D eigenvalue weighted by atomic mass is 16.6. The summed E-state index contributed by atoms with van der Waals surface area (Å²) in [7, 11) is 0. The lowest BCUT2D eigenvalue weighted by molar-refractivity contribution is -0.158. The number of aromatic nitrogens is 2. The molecule has 0 radical (unpaired) electrons. The smallest absolute Gasteiger partial charge is 0.408 e. The summed E-state index contributed by atoms with van der Waals surface area (Å²) in [6, 6.07) is 0. The zero-order chi connectivity index (χ0) is 26.9. The van der Waals surface area contributed by atoms with Crippen LogP contribution >= 0.6 is 0 Å². The van der Waals surface area contributed by atoms with Crippen molar-refractivity contribution in [2.75, 3.05) is 6.61 Å². The molecule has 13 heteroatoms. The molecular formula is C21H39N5O8. The van der Waals surface area contributed by atoms with Gasteiger partial charge in [-0.1, -0.05) is 10.3 Å². The Hall–Kier alpha value is -3.38. The van der Waals surface area contributed by atoms with Gasteiger partial charge in [-0.05, 0) is 62.3 Å². The summed E-state index contributed by atoms with van der Waals surface area (Å²) in [5.74, 6) is 0.350. The van der Waals surface area contributed by atoms with E-state index in [0.29, 0.717) is 18.3 Å². The van der Waals surface area contributed by atoms with Crippen molar-refractivity contribution >= 4 is 23.9 Å². The predicted molar refractivity (Wildman–Crippen MR) is 123 cm³/mol. The molecule has 1 aromatic heterocycles. The number of nitrogens with zero attached hydrogens (tertiary/aromatic N) is 3. The lowest BCUT2D eigenvalue weighted by Crippen LogP contribution is -2.32. The Labute approximate surface area is 200 Å². The summed E-state index contributed by atoms with van der Waals surface area (Å²) in [5.41, 5.74) is 3.79. The molecule has 196 valence electrons. The molecule has 0 saturated heterocycles. The lowest BCUT2D eigenvalue weighted by Gasteiger charge is -2.19. The minimum absolute atomic E-state index is 0.0795. The molecule has 1 aromatic rings. The number of nitrogens with two attached hydrogens (primary N) is 1. The summed E-state index contributed by atoms with van der Waals surface area (Å²) in [6.45, 7) is 16.2. The van der Waals surface area contributed by atoms with Gasteiger partial charge >= 0.3 is 18.0 Å². The summed E-state index contributed by atoms with van der Waals surface area (Å²) >= 11 is 0. The van der Waals surface area contributed by atoms with Gasteiger partial charge in [-0.25, -0.2) is 4.79 Å². The van der Waals surface area contributed by atoms with Gasteiger partial charge in [-0.2, -0.15) is 4.98 Å². The first-order valence-electron chi connectivity index (χ1n) is 10.6. The van der Waals surface area contributed by atoms with E-state index in [1.807, 2.05) is 0 Å². The van der Waals surface area contributed by atoms with Gasteiger partial charge in [0.25, 0.3) is 0 Å². The molecule has 13 nitrogen and oxygen atoms in total. The fraction of sp³-hybridized carbons (Fsp3) is 0.714. The van der Waals surface area contributed by atoms with Crippen molar-refractivity contribution in [1.82, 2.24) is 15.5 Å². The van der Waals surface area contributed by atoms with Gasteiger partial charge in [0.1, 0.15) is 23.6 Å². The van der Waals surface area contributed by atoms with Crippen LogP contribution in [-0.4, -0.2) is 57.0 Å². The van der Waals surface area contributed by atoms with Crippen LogP contribution in [0.5, 0.6) is 0 Å². The third kappa shape index (κ3) is 23.3. The first-order chi connectivity index (χ1) is 15.5. The van der Waals surface area contributed by atoms with Crippen LogP contribution < -0.4 is 11.1 Å². The van der Waals surface area contributed by atoms with Crippen LogP contribution in [0.2, 0.25) is 0 Å². The van der Waals surface area contributed by atoms with E-state index in [2.05, 4.69) is 25.4 Å². The molecule has 0 saturated carbocycles. The number of alkyl carbamates (subject to hydrolysis) is 1. The van der Waals surface area contributed by atoms with E-state index in [4.69, 9.17) is 24.9 Å². The van der Waals surface area contributed by atoms with Gasteiger partial charge in [0.05, 0.1) is 19.4 Å². The molecule has 0 aliphatic rings. The first-order valence-corrected chi connectivity index (χ1v) is 10.6. The molecule has 0 bridgehead atoms. The van der Waals surface area contributed by atoms with Crippen LogP contribution in [0.1, 0.15) is 79.9 Å². The summed E-state index contributed by atoms with van der Waals surface area (Å²) in [5, 5.41) is 16.3. The van der Waals surface area contributed by atoms with Crippen molar-refractivity contribution in [2.45, 2.75) is 92.9 Å². The number of nitrogens with one attached hydrogen (secondary N) is 1. The number of carbonyl (C=O) groups excluding carboxylic acids is 3. The lowest BCUT2D eigenvalue weighted by atomic mass is 10.2. The minimum Gasteiger partial charge on any atom is -0.466 e. The van der Waals surface area contributed by atoms with Gasteiger partial charge in [-0.15, -0.1) is 0 Å². The first kappa shape index (κ1) is 32.8. The van der Waals surface area contributed by atoms with Gasteiger partial charge < -0.3 is 35.0 Å². The van der Waals surface area contributed by atoms with E-state index in [0.717, 1.165) is 0 Å². The van der Waals surface area contributed by atoms with E-state index >= 15 is 0 Å². The molecule has 0 aliphatic heterocycles. The number of carbonyl (C=O) groups is 3. The predicted octanol–water partition coefficient (Wildman–Crippen LogP) is 2.83. The van der Waals surface area contributed by atoms with Gasteiger partial charge in [-0.3, -0.25) is 9.59 Å². The molecule has 0 atom stereocenters. The van der Waals surface area contributed by atoms with Crippen LogP contribution in [0.4, 0.5) is 4.79 Å². The maximum absolute atomic E-state index is 11.2. The Morgan fingerprint density at radius 3 is 1.94 bits per heavy atom. The van der Waals surface area contributed by atoms with Crippen molar-refractivity contribution in [2.24, 2.45) is 10.9 Å². The number of amides is 1. The number of oxime groups is 1. The van der Waals surface area contributed by atoms with Crippen LogP contribution in [0.25, 0.3) is 0 Å². The topological polar surface area (TPSA) is 188 Å². The normalized spacial score (nSPS) is 11.1. The number of hydrogen-bond acceptors (Lipinski definition) is 11. The number of esters is 2. The highest BCUT2D eigenvalue weighted by Gasteiger charge is 2.17. The van der Waals surface area contributed by atoms with E-state index in [1.165, 1.54) is 6.92 Å². The zero-order valence-corrected chi connectivity index (χ0v) is 21.6. The van der Waals surface area contributed by atoms with Crippen LogP contribution in [0.3, 0.4) is 0 Å². The van der Waals surface area contributed by atoms with Crippen LogP contribution in [0, 0.1) is 6.92 Å². The van der Waals surface area contributed by atoms with Crippen LogP contribution in [-0.2, 0) is 30.3 Å². The fourth-order valence-electron chi connectivity index (χ4n) is 1.70. The highest BCUT2D eigenvalue weighted by Crippen LogP contribution is 2.09. The second kappa shape index (κ2) is 16.3. The maximum Gasteiger partial charge on any atom is 0.408 e.